The molecule has 2 rings (SSSR count). The Morgan fingerprint density at radius 1 is 1.26 bits per heavy atom. The molecule has 0 bridgehead atoms. The number of aromatic nitrogens is 2. The highest BCUT2D eigenvalue weighted by atomic mass is 32.2. The summed E-state index contributed by atoms with van der Waals surface area (Å²) in [6, 6.07) is 7.64. The number of benzene rings is 1. The summed E-state index contributed by atoms with van der Waals surface area (Å²) in [6.45, 7) is 7.53. The van der Waals surface area contributed by atoms with Gasteiger partial charge >= 0.3 is 0 Å². The second-order valence-electron chi connectivity index (χ2n) is 6.21. The van der Waals surface area contributed by atoms with E-state index >= 15 is 0 Å². The standard InChI is InChI=1S/C16H21N3O3S/c1-5-14(20)12-7-6-8-13(11-12)23(21,22)18-15-9-10-17-19(15)16(2,3)4/h6-11,18H,5H2,1-4H3. The summed E-state index contributed by atoms with van der Waals surface area (Å²) in [5, 5.41) is 4.16. The van der Waals surface area contributed by atoms with Crippen LogP contribution >= 0.6 is 0 Å². The molecule has 0 aliphatic heterocycles. The van der Waals surface area contributed by atoms with Crippen molar-refractivity contribution in [2.24, 2.45) is 0 Å². The summed E-state index contributed by atoms with van der Waals surface area (Å²) in [6.07, 6.45) is 1.87. The minimum Gasteiger partial charge on any atom is -0.294 e. The topological polar surface area (TPSA) is 81.1 Å². The maximum absolute atomic E-state index is 12.6. The molecule has 0 atom stereocenters. The Morgan fingerprint density at radius 3 is 2.57 bits per heavy atom. The van der Waals surface area contributed by atoms with Crippen LogP contribution in [0.1, 0.15) is 44.5 Å². The van der Waals surface area contributed by atoms with Crippen LogP contribution in [0.2, 0.25) is 0 Å². The molecule has 0 radical (unpaired) electrons. The van der Waals surface area contributed by atoms with Crippen LogP contribution in [-0.4, -0.2) is 24.0 Å². The van der Waals surface area contributed by atoms with Crippen molar-refractivity contribution >= 4 is 21.6 Å². The van der Waals surface area contributed by atoms with Gasteiger partial charge in [0.2, 0.25) is 0 Å². The highest BCUT2D eigenvalue weighted by molar-refractivity contribution is 7.92. The number of Topliss-reactive ketones (excluding diaryl/α,β-unsaturated/α-hetero) is 1. The van der Waals surface area contributed by atoms with Crippen molar-refractivity contribution in [1.82, 2.24) is 9.78 Å². The Labute approximate surface area is 136 Å². The van der Waals surface area contributed by atoms with Gasteiger partial charge in [-0.1, -0.05) is 19.1 Å². The predicted octanol–water partition coefficient (Wildman–Crippen LogP) is 3.03. The number of sulfonamides is 1. The maximum atomic E-state index is 12.6. The first-order valence-electron chi connectivity index (χ1n) is 7.36. The Kier molecular flexibility index (Phi) is 4.61. The van der Waals surface area contributed by atoms with E-state index in [4.69, 9.17) is 0 Å². The lowest BCUT2D eigenvalue weighted by atomic mass is 10.1. The molecular formula is C16H21N3O3S. The number of carbonyl (C=O) groups excluding carboxylic acids is 1. The monoisotopic (exact) mass is 335 g/mol. The van der Waals surface area contributed by atoms with Crippen molar-refractivity contribution in [2.75, 3.05) is 4.72 Å². The molecule has 0 amide bonds. The lowest BCUT2D eigenvalue weighted by Gasteiger charge is -2.22. The molecule has 1 N–H and O–H groups in total. The molecule has 23 heavy (non-hydrogen) atoms. The van der Waals surface area contributed by atoms with Gasteiger partial charge in [0, 0.05) is 18.1 Å². The molecule has 0 saturated carbocycles. The molecule has 6 nitrogen and oxygen atoms in total. The summed E-state index contributed by atoms with van der Waals surface area (Å²) in [7, 11) is -3.79. The van der Waals surface area contributed by atoms with Gasteiger partial charge in [-0.05, 0) is 32.9 Å². The fourth-order valence-electron chi connectivity index (χ4n) is 2.15. The van der Waals surface area contributed by atoms with Gasteiger partial charge in [0.25, 0.3) is 10.0 Å². The average Bonchev–Trinajstić information content (AvgIpc) is 2.94. The van der Waals surface area contributed by atoms with E-state index < -0.39 is 10.0 Å². The summed E-state index contributed by atoms with van der Waals surface area (Å²) >= 11 is 0. The van der Waals surface area contributed by atoms with E-state index in [2.05, 4.69) is 9.82 Å². The number of nitrogens with zero attached hydrogens (tertiary/aromatic N) is 2. The van der Waals surface area contributed by atoms with Crippen LogP contribution in [0.15, 0.2) is 41.4 Å². The number of anilines is 1. The molecule has 0 aliphatic carbocycles. The number of hydrogen-bond donors (Lipinski definition) is 1. The lowest BCUT2D eigenvalue weighted by molar-refractivity contribution is 0.0988. The number of hydrogen-bond acceptors (Lipinski definition) is 4. The Morgan fingerprint density at radius 2 is 1.96 bits per heavy atom. The van der Waals surface area contributed by atoms with E-state index in [-0.39, 0.29) is 16.2 Å². The molecule has 0 unspecified atom stereocenters. The Bertz CT molecular complexity index is 817. The summed E-state index contributed by atoms with van der Waals surface area (Å²) < 4.78 is 29.3. The van der Waals surface area contributed by atoms with Crippen LogP contribution in [-0.2, 0) is 15.6 Å². The van der Waals surface area contributed by atoms with Crippen LogP contribution in [0.25, 0.3) is 0 Å². The Hall–Kier alpha value is -2.15. The largest absolute Gasteiger partial charge is 0.294 e. The zero-order chi connectivity index (χ0) is 17.3. The first-order chi connectivity index (χ1) is 10.6. The van der Waals surface area contributed by atoms with E-state index in [0.717, 1.165) is 0 Å². The second kappa shape index (κ2) is 6.16. The van der Waals surface area contributed by atoms with Gasteiger partial charge in [-0.2, -0.15) is 5.10 Å². The lowest BCUT2D eigenvalue weighted by Crippen LogP contribution is -2.26. The second-order valence-corrected chi connectivity index (χ2v) is 7.89. The third-order valence-electron chi connectivity index (χ3n) is 3.30. The highest BCUT2D eigenvalue weighted by Gasteiger charge is 2.22. The molecule has 7 heteroatoms. The molecule has 2 aromatic rings. The minimum absolute atomic E-state index is 0.0541. The van der Waals surface area contributed by atoms with Crippen molar-refractivity contribution in [1.29, 1.82) is 0 Å². The normalized spacial score (nSPS) is 12.2. The van der Waals surface area contributed by atoms with E-state index in [1.807, 2.05) is 20.8 Å². The molecule has 1 aromatic heterocycles. The molecule has 0 fully saturated rings. The molecule has 0 saturated heterocycles. The fraction of sp³-hybridized carbons (Fsp3) is 0.375. The quantitative estimate of drug-likeness (QED) is 0.852. The van der Waals surface area contributed by atoms with Gasteiger partial charge in [0.15, 0.2) is 5.78 Å². The van der Waals surface area contributed by atoms with Crippen LogP contribution in [0.3, 0.4) is 0 Å². The summed E-state index contributed by atoms with van der Waals surface area (Å²) in [5.74, 6) is 0.284. The van der Waals surface area contributed by atoms with Gasteiger partial charge in [-0.3, -0.25) is 9.52 Å². The molecule has 1 aromatic carbocycles. The first kappa shape index (κ1) is 17.2. The predicted molar refractivity (Wildman–Crippen MR) is 89.1 cm³/mol. The van der Waals surface area contributed by atoms with Gasteiger partial charge in [-0.15, -0.1) is 0 Å². The average molecular weight is 335 g/mol. The van der Waals surface area contributed by atoms with Crippen molar-refractivity contribution in [3.8, 4) is 0 Å². The van der Waals surface area contributed by atoms with Crippen LogP contribution in [0.5, 0.6) is 0 Å². The fourth-order valence-corrected chi connectivity index (χ4v) is 3.24. The smallest absolute Gasteiger partial charge is 0.263 e. The zero-order valence-corrected chi connectivity index (χ0v) is 14.5. The maximum Gasteiger partial charge on any atom is 0.263 e. The van der Waals surface area contributed by atoms with Crippen LogP contribution in [0, 0.1) is 0 Å². The molecule has 0 aliphatic rings. The van der Waals surface area contributed by atoms with Gasteiger partial charge in [0.1, 0.15) is 5.82 Å². The third kappa shape index (κ3) is 3.79. The van der Waals surface area contributed by atoms with E-state index in [0.29, 0.717) is 17.8 Å². The third-order valence-corrected chi connectivity index (χ3v) is 4.66. The van der Waals surface area contributed by atoms with Gasteiger partial charge in [-0.25, -0.2) is 13.1 Å². The number of nitrogens with one attached hydrogen (secondary N) is 1. The van der Waals surface area contributed by atoms with Crippen LogP contribution in [0.4, 0.5) is 5.82 Å². The number of ketones is 1. The van der Waals surface area contributed by atoms with Crippen molar-refractivity contribution in [3.05, 3.63) is 42.1 Å². The molecular weight excluding hydrogens is 314 g/mol. The SMILES string of the molecule is CCC(=O)c1cccc(S(=O)(=O)Nc2ccnn2C(C)(C)C)c1. The highest BCUT2D eigenvalue weighted by Crippen LogP contribution is 2.22. The number of carbonyl (C=O) groups is 1. The molecule has 0 spiro atoms. The van der Waals surface area contributed by atoms with Crippen molar-refractivity contribution in [3.63, 3.8) is 0 Å². The zero-order valence-electron chi connectivity index (χ0n) is 13.7. The molecule has 124 valence electrons. The summed E-state index contributed by atoms with van der Waals surface area (Å²) in [5.41, 5.74) is 0.0289. The van der Waals surface area contributed by atoms with Crippen molar-refractivity contribution < 1.29 is 13.2 Å². The Balaban J connectivity index is 2.37. The van der Waals surface area contributed by atoms with Gasteiger partial charge in [0.05, 0.1) is 16.6 Å². The molecule has 1 heterocycles. The number of rotatable bonds is 5. The first-order valence-corrected chi connectivity index (χ1v) is 8.84. The van der Waals surface area contributed by atoms with Gasteiger partial charge < -0.3 is 0 Å². The van der Waals surface area contributed by atoms with E-state index in [1.165, 1.54) is 12.1 Å². The van der Waals surface area contributed by atoms with E-state index in [9.17, 15) is 13.2 Å². The van der Waals surface area contributed by atoms with Crippen molar-refractivity contribution in [2.45, 2.75) is 44.6 Å². The minimum atomic E-state index is -3.79. The van der Waals surface area contributed by atoms with Crippen LogP contribution < -0.4 is 4.72 Å². The van der Waals surface area contributed by atoms with E-state index in [1.54, 1.807) is 36.0 Å². The summed E-state index contributed by atoms with van der Waals surface area (Å²) in [4.78, 5) is 11.8.